The van der Waals surface area contributed by atoms with Crippen LogP contribution in [0, 0.1) is 11.6 Å². The lowest BCUT2D eigenvalue weighted by Gasteiger charge is -1.99. The molecule has 0 aliphatic heterocycles. The van der Waals surface area contributed by atoms with Crippen molar-refractivity contribution in [1.29, 1.82) is 0 Å². The maximum atomic E-state index is 12.8. The van der Waals surface area contributed by atoms with E-state index in [1.165, 1.54) is 6.07 Å². The topological polar surface area (TPSA) is 0 Å². The molecule has 1 rings (SSSR count). The van der Waals surface area contributed by atoms with Gasteiger partial charge in [0.2, 0.25) is 0 Å². The highest BCUT2D eigenvalue weighted by molar-refractivity contribution is 6.08. The largest absolute Gasteiger partial charge is 0.204 e. The van der Waals surface area contributed by atoms with E-state index >= 15 is 0 Å². The predicted octanol–water partition coefficient (Wildman–Crippen LogP) is 2.09. The molecule has 0 aliphatic rings. The van der Waals surface area contributed by atoms with Gasteiger partial charge in [0.15, 0.2) is 11.6 Å². The van der Waals surface area contributed by atoms with Gasteiger partial charge in [-0.1, -0.05) is 18.2 Å². The van der Waals surface area contributed by atoms with Crippen LogP contribution in [0.3, 0.4) is 0 Å². The third-order valence-corrected chi connectivity index (χ3v) is 1.68. The van der Waals surface area contributed by atoms with E-state index in [9.17, 15) is 8.78 Å². The number of hydrogen-bond donors (Lipinski definition) is 0. The molecule has 0 N–H and O–H groups in total. The van der Waals surface area contributed by atoms with E-state index in [0.717, 1.165) is 6.07 Å². The molecule has 0 saturated heterocycles. The quantitative estimate of drug-likeness (QED) is 0.595. The minimum absolute atomic E-state index is 0.417. The van der Waals surface area contributed by atoms with Gasteiger partial charge in [-0.2, -0.15) is 0 Å². The summed E-state index contributed by atoms with van der Waals surface area (Å²) in [5.74, 6) is -1.51. The van der Waals surface area contributed by atoms with Crippen LogP contribution in [0.25, 0.3) is 0 Å². The third-order valence-electron chi connectivity index (χ3n) is 1.43. The summed E-state index contributed by atoms with van der Waals surface area (Å²) in [6.07, 6.45) is 0.514. The van der Waals surface area contributed by atoms with Gasteiger partial charge in [0.1, 0.15) is 0 Å². The number of hydrogen-bond acceptors (Lipinski definition) is 0. The van der Waals surface area contributed by atoms with Crippen molar-refractivity contribution in [3.05, 3.63) is 35.4 Å². The fourth-order valence-corrected chi connectivity index (χ4v) is 1.15. The molecule has 0 fully saturated rings. The van der Waals surface area contributed by atoms with E-state index in [-0.39, 0.29) is 0 Å². The van der Waals surface area contributed by atoms with Crippen molar-refractivity contribution in [3.63, 3.8) is 0 Å². The lowest BCUT2D eigenvalue weighted by molar-refractivity contribution is 0.500. The van der Waals surface area contributed by atoms with Crippen LogP contribution >= 0.6 is 0 Å². The van der Waals surface area contributed by atoms with Crippen molar-refractivity contribution in [2.45, 2.75) is 12.5 Å². The average molecular weight is 169 g/mol. The Bertz CT molecular complexity index is 248. The van der Waals surface area contributed by atoms with Crippen LogP contribution in [-0.4, -0.2) is 10.2 Å². The molecule has 0 aliphatic carbocycles. The Morgan fingerprint density at radius 2 is 2.00 bits per heavy atom. The van der Waals surface area contributed by atoms with Crippen LogP contribution in [0.15, 0.2) is 18.2 Å². The second-order valence-corrected chi connectivity index (χ2v) is 2.71. The first-order chi connectivity index (χ1) is 5.25. The molecule has 3 radical (unpaired) electrons. The molecule has 0 bridgehead atoms. The smallest absolute Gasteiger partial charge is 0.161 e. The fourth-order valence-electron chi connectivity index (χ4n) is 0.876. The van der Waals surface area contributed by atoms with Crippen molar-refractivity contribution in [1.82, 2.24) is 0 Å². The molecular weight excluding hydrogens is 162 g/mol. The molecule has 11 heavy (non-hydrogen) atoms. The van der Waals surface area contributed by atoms with Gasteiger partial charge in [-0.3, -0.25) is 0 Å². The summed E-state index contributed by atoms with van der Waals surface area (Å²) in [5.41, 5.74) is 0.417. The molecule has 0 heterocycles. The van der Waals surface area contributed by atoms with E-state index in [1.807, 2.05) is 0 Å². The fraction of sp³-hybridized carbons (Fsp3) is 0.250. The molecule has 0 amide bonds. The van der Waals surface area contributed by atoms with E-state index in [2.05, 4.69) is 10.2 Å². The van der Waals surface area contributed by atoms with Crippen LogP contribution in [0.1, 0.15) is 5.56 Å². The van der Waals surface area contributed by atoms with Crippen molar-refractivity contribution in [3.8, 4) is 0 Å². The van der Waals surface area contributed by atoms with Gasteiger partial charge in [0.25, 0.3) is 0 Å². The number of rotatable bonds is 2. The number of aryl methyl sites for hydroxylation is 1. The minimum atomic E-state index is -0.775. The van der Waals surface area contributed by atoms with Crippen LogP contribution in [0.5, 0.6) is 0 Å². The summed E-state index contributed by atoms with van der Waals surface area (Å²) in [5, 5.41) is 0. The molecule has 57 valence electrons. The standard InChI is InChI=1S/C8H7F2Si/c9-7-3-1-2-6(4-5-11)8(7)10/h1-3H,4-5H2. The average Bonchev–Trinajstić information content (AvgIpc) is 1.99. The van der Waals surface area contributed by atoms with E-state index in [1.54, 1.807) is 6.07 Å². The third kappa shape index (κ3) is 1.86. The predicted molar refractivity (Wildman–Crippen MR) is 40.6 cm³/mol. The molecule has 0 atom stereocenters. The lowest BCUT2D eigenvalue weighted by atomic mass is 10.1. The van der Waals surface area contributed by atoms with Crippen molar-refractivity contribution >= 4 is 10.2 Å². The summed E-state index contributed by atoms with van der Waals surface area (Å²) in [4.78, 5) is 0. The zero-order valence-electron chi connectivity index (χ0n) is 5.90. The van der Waals surface area contributed by atoms with E-state index in [0.29, 0.717) is 18.0 Å². The SMILES string of the molecule is Fc1cccc(CC[Si])c1F. The molecule has 1 aromatic carbocycles. The molecule has 0 nitrogen and oxygen atoms in total. The molecule has 1 aromatic rings. The van der Waals surface area contributed by atoms with E-state index < -0.39 is 11.6 Å². The maximum Gasteiger partial charge on any atom is 0.161 e. The highest BCUT2D eigenvalue weighted by Gasteiger charge is 2.04. The maximum absolute atomic E-state index is 12.8. The first kappa shape index (κ1) is 8.39. The van der Waals surface area contributed by atoms with Crippen LogP contribution in [-0.2, 0) is 6.42 Å². The van der Waals surface area contributed by atoms with Gasteiger partial charge < -0.3 is 0 Å². The van der Waals surface area contributed by atoms with Gasteiger partial charge in [-0.05, 0) is 18.1 Å². The van der Waals surface area contributed by atoms with Gasteiger partial charge >= 0.3 is 0 Å². The molecule has 0 unspecified atom stereocenters. The Kier molecular flexibility index (Phi) is 2.76. The van der Waals surface area contributed by atoms with Gasteiger partial charge in [0, 0.05) is 10.2 Å². The molecule has 0 spiro atoms. The van der Waals surface area contributed by atoms with Crippen molar-refractivity contribution in [2.24, 2.45) is 0 Å². The highest BCUT2D eigenvalue weighted by Crippen LogP contribution is 2.12. The zero-order valence-corrected chi connectivity index (χ0v) is 6.90. The summed E-state index contributed by atoms with van der Waals surface area (Å²) in [7, 11) is 3.20. The van der Waals surface area contributed by atoms with Crippen molar-refractivity contribution < 1.29 is 8.78 Å². The zero-order chi connectivity index (χ0) is 8.27. The second kappa shape index (κ2) is 3.62. The molecule has 0 saturated carbocycles. The number of benzene rings is 1. The minimum Gasteiger partial charge on any atom is -0.204 e. The Labute approximate surface area is 67.7 Å². The van der Waals surface area contributed by atoms with Crippen molar-refractivity contribution in [2.75, 3.05) is 0 Å². The monoisotopic (exact) mass is 169 g/mol. The van der Waals surface area contributed by atoms with Gasteiger partial charge in [0.05, 0.1) is 0 Å². The van der Waals surface area contributed by atoms with E-state index in [4.69, 9.17) is 0 Å². The highest BCUT2D eigenvalue weighted by atomic mass is 28.1. The molecule has 3 heteroatoms. The van der Waals surface area contributed by atoms with Crippen LogP contribution in [0.2, 0.25) is 6.04 Å². The Morgan fingerprint density at radius 1 is 1.27 bits per heavy atom. The van der Waals surface area contributed by atoms with Gasteiger partial charge in [-0.15, -0.1) is 0 Å². The summed E-state index contributed by atoms with van der Waals surface area (Å²) in [6, 6.07) is 4.85. The van der Waals surface area contributed by atoms with Crippen LogP contribution in [0.4, 0.5) is 8.78 Å². The second-order valence-electron chi connectivity index (χ2n) is 2.21. The normalized spacial score (nSPS) is 10.1. The van der Waals surface area contributed by atoms with Crippen LogP contribution < -0.4 is 0 Å². The summed E-state index contributed by atoms with van der Waals surface area (Å²) in [6.45, 7) is 0. The number of halogens is 2. The Hall–Kier alpha value is -0.703. The summed E-state index contributed by atoms with van der Waals surface area (Å²) >= 11 is 0. The first-order valence-corrected chi connectivity index (χ1v) is 4.04. The molecule has 0 aromatic heterocycles. The Balaban J connectivity index is 2.96. The molecular formula is C8H7F2Si. The lowest BCUT2D eigenvalue weighted by Crippen LogP contribution is -1.93. The first-order valence-electron chi connectivity index (χ1n) is 3.33. The Morgan fingerprint density at radius 3 is 2.64 bits per heavy atom. The van der Waals surface area contributed by atoms with Gasteiger partial charge in [-0.25, -0.2) is 8.78 Å². The summed E-state index contributed by atoms with van der Waals surface area (Å²) < 4.78 is 25.3.